The van der Waals surface area contributed by atoms with Crippen LogP contribution in [0.3, 0.4) is 0 Å². The predicted molar refractivity (Wildman–Crippen MR) is 116 cm³/mol. The number of hydrogen-bond donors (Lipinski definition) is 1. The molecule has 0 unspecified atom stereocenters. The number of halogens is 1. The van der Waals surface area contributed by atoms with E-state index in [4.69, 9.17) is 16.3 Å². The SMILES string of the molecule is CN(CCc1cc(Cl)ccc1Sc1c[nH]c2ccccc12)C(=O)OC(C)(C)C. The second-order valence-electron chi connectivity index (χ2n) is 7.70. The molecule has 0 saturated heterocycles. The van der Waals surface area contributed by atoms with E-state index >= 15 is 0 Å². The Balaban J connectivity index is 1.75. The molecule has 3 aromatic rings. The van der Waals surface area contributed by atoms with E-state index in [1.54, 1.807) is 23.7 Å². The van der Waals surface area contributed by atoms with Crippen LogP contribution in [0.4, 0.5) is 4.79 Å². The highest BCUT2D eigenvalue weighted by Gasteiger charge is 2.20. The van der Waals surface area contributed by atoms with Crippen molar-refractivity contribution in [3.8, 4) is 0 Å². The number of benzene rings is 2. The van der Waals surface area contributed by atoms with Crippen LogP contribution in [-0.2, 0) is 11.2 Å². The standard InChI is InChI=1S/C22H25ClN2O2S/c1-22(2,3)27-21(26)25(4)12-11-15-13-16(23)9-10-19(15)28-20-14-24-18-8-6-5-7-17(18)20/h5-10,13-14,24H,11-12H2,1-4H3. The molecule has 0 aliphatic carbocycles. The van der Waals surface area contributed by atoms with Crippen LogP contribution in [-0.4, -0.2) is 35.2 Å². The van der Waals surface area contributed by atoms with Gasteiger partial charge in [-0.2, -0.15) is 0 Å². The minimum atomic E-state index is -0.502. The molecular formula is C22H25ClN2O2S. The number of carbonyl (C=O) groups is 1. The van der Waals surface area contributed by atoms with Crippen LogP contribution in [0.15, 0.2) is 58.5 Å². The summed E-state index contributed by atoms with van der Waals surface area (Å²) in [5.74, 6) is 0. The lowest BCUT2D eigenvalue weighted by Gasteiger charge is -2.24. The summed E-state index contributed by atoms with van der Waals surface area (Å²) in [6.07, 6.45) is 2.40. The molecule has 28 heavy (non-hydrogen) atoms. The van der Waals surface area contributed by atoms with Crippen LogP contribution < -0.4 is 0 Å². The van der Waals surface area contributed by atoms with Crippen molar-refractivity contribution in [2.24, 2.45) is 0 Å². The Morgan fingerprint density at radius 1 is 1.18 bits per heavy atom. The number of para-hydroxylation sites is 1. The smallest absolute Gasteiger partial charge is 0.410 e. The summed E-state index contributed by atoms with van der Waals surface area (Å²) in [6.45, 7) is 6.15. The zero-order valence-electron chi connectivity index (χ0n) is 16.6. The molecule has 4 nitrogen and oxygen atoms in total. The van der Waals surface area contributed by atoms with Crippen molar-refractivity contribution < 1.29 is 9.53 Å². The summed E-state index contributed by atoms with van der Waals surface area (Å²) >= 11 is 7.94. The third-order valence-corrected chi connectivity index (χ3v) is 5.63. The first-order chi connectivity index (χ1) is 13.2. The third kappa shape index (κ3) is 5.24. The first-order valence-electron chi connectivity index (χ1n) is 9.19. The number of hydrogen-bond acceptors (Lipinski definition) is 3. The summed E-state index contributed by atoms with van der Waals surface area (Å²) in [4.78, 5) is 19.4. The van der Waals surface area contributed by atoms with Crippen molar-refractivity contribution in [2.45, 2.75) is 42.6 Å². The first kappa shape index (κ1) is 20.6. The number of nitrogens with zero attached hydrogens (tertiary/aromatic N) is 1. The average molecular weight is 417 g/mol. The number of amides is 1. The molecule has 148 valence electrons. The number of likely N-dealkylation sites (N-methyl/N-ethyl adjacent to an activating group) is 1. The average Bonchev–Trinajstić information content (AvgIpc) is 3.03. The predicted octanol–water partition coefficient (Wildman–Crippen LogP) is 6.38. The van der Waals surface area contributed by atoms with Crippen molar-refractivity contribution in [2.75, 3.05) is 13.6 Å². The molecule has 0 saturated carbocycles. The Hall–Kier alpha value is -2.11. The van der Waals surface area contributed by atoms with Gasteiger partial charge in [0.05, 0.1) is 0 Å². The van der Waals surface area contributed by atoms with Crippen LogP contribution in [0.2, 0.25) is 5.02 Å². The Bertz CT molecular complexity index is 978. The summed E-state index contributed by atoms with van der Waals surface area (Å²) < 4.78 is 5.43. The molecule has 0 aliphatic rings. The van der Waals surface area contributed by atoms with Crippen LogP contribution in [0, 0.1) is 0 Å². The maximum atomic E-state index is 12.2. The van der Waals surface area contributed by atoms with Crippen LogP contribution >= 0.6 is 23.4 Å². The van der Waals surface area contributed by atoms with Gasteiger partial charge in [-0.05, 0) is 57.0 Å². The van der Waals surface area contributed by atoms with Crippen molar-refractivity contribution in [3.05, 3.63) is 59.2 Å². The fourth-order valence-electron chi connectivity index (χ4n) is 2.81. The van der Waals surface area contributed by atoms with Crippen LogP contribution in [0.5, 0.6) is 0 Å². The highest BCUT2D eigenvalue weighted by molar-refractivity contribution is 7.99. The minimum Gasteiger partial charge on any atom is -0.444 e. The van der Waals surface area contributed by atoms with E-state index in [1.165, 1.54) is 10.3 Å². The highest BCUT2D eigenvalue weighted by atomic mass is 35.5. The Labute approximate surface area is 175 Å². The number of nitrogens with one attached hydrogen (secondary N) is 1. The fraction of sp³-hybridized carbons (Fsp3) is 0.318. The van der Waals surface area contributed by atoms with Gasteiger partial charge in [-0.1, -0.05) is 41.6 Å². The van der Waals surface area contributed by atoms with E-state index in [9.17, 15) is 4.79 Å². The third-order valence-electron chi connectivity index (χ3n) is 4.22. The molecule has 1 N–H and O–H groups in total. The number of aromatic nitrogens is 1. The monoisotopic (exact) mass is 416 g/mol. The molecule has 0 fully saturated rings. The topological polar surface area (TPSA) is 45.3 Å². The highest BCUT2D eigenvalue weighted by Crippen LogP contribution is 2.36. The van der Waals surface area contributed by atoms with Crippen LogP contribution in [0.1, 0.15) is 26.3 Å². The molecular weight excluding hydrogens is 392 g/mol. The number of fused-ring (bicyclic) bond motifs is 1. The van der Waals surface area contributed by atoms with Gasteiger partial charge in [0.25, 0.3) is 0 Å². The summed E-state index contributed by atoms with van der Waals surface area (Å²) in [6, 6.07) is 14.2. The minimum absolute atomic E-state index is 0.319. The second kappa shape index (κ2) is 8.50. The van der Waals surface area contributed by atoms with Crippen molar-refractivity contribution in [3.63, 3.8) is 0 Å². The molecule has 6 heteroatoms. The largest absolute Gasteiger partial charge is 0.444 e. The summed E-state index contributed by atoms with van der Waals surface area (Å²) in [7, 11) is 1.76. The normalized spacial score (nSPS) is 11.6. The van der Waals surface area contributed by atoms with Gasteiger partial charge in [0.2, 0.25) is 0 Å². The van der Waals surface area contributed by atoms with Crippen molar-refractivity contribution >= 4 is 40.4 Å². The zero-order valence-corrected chi connectivity index (χ0v) is 18.2. The Kier molecular flexibility index (Phi) is 6.26. The maximum absolute atomic E-state index is 12.2. The fourth-order valence-corrected chi connectivity index (χ4v) is 4.08. The molecule has 0 radical (unpaired) electrons. The van der Waals surface area contributed by atoms with E-state index in [0.29, 0.717) is 18.0 Å². The first-order valence-corrected chi connectivity index (χ1v) is 10.4. The molecule has 1 heterocycles. The molecule has 0 aliphatic heterocycles. The lowest BCUT2D eigenvalue weighted by Crippen LogP contribution is -2.35. The number of aromatic amines is 1. The van der Waals surface area contributed by atoms with E-state index in [0.717, 1.165) is 16.0 Å². The lowest BCUT2D eigenvalue weighted by atomic mass is 10.1. The number of carbonyl (C=O) groups excluding carboxylic acids is 1. The van der Waals surface area contributed by atoms with Gasteiger partial charge in [0.1, 0.15) is 5.60 Å². The molecule has 0 atom stereocenters. The number of ether oxygens (including phenoxy) is 1. The molecule has 3 rings (SSSR count). The quantitative estimate of drug-likeness (QED) is 0.524. The lowest BCUT2D eigenvalue weighted by molar-refractivity contribution is 0.0300. The summed E-state index contributed by atoms with van der Waals surface area (Å²) in [5, 5.41) is 1.89. The number of rotatable bonds is 5. The van der Waals surface area contributed by atoms with Gasteiger partial charge < -0.3 is 14.6 Å². The van der Waals surface area contributed by atoms with Gasteiger partial charge in [0, 0.05) is 45.5 Å². The molecule has 1 amide bonds. The zero-order chi connectivity index (χ0) is 20.3. The van der Waals surface area contributed by atoms with Gasteiger partial charge in [-0.3, -0.25) is 0 Å². The van der Waals surface area contributed by atoms with Gasteiger partial charge in [0.15, 0.2) is 0 Å². The van der Waals surface area contributed by atoms with E-state index in [-0.39, 0.29) is 6.09 Å². The van der Waals surface area contributed by atoms with Crippen LogP contribution in [0.25, 0.3) is 10.9 Å². The number of H-pyrrole nitrogens is 1. The van der Waals surface area contributed by atoms with Gasteiger partial charge >= 0.3 is 6.09 Å². The Morgan fingerprint density at radius 3 is 2.68 bits per heavy atom. The van der Waals surface area contributed by atoms with Gasteiger partial charge in [-0.15, -0.1) is 0 Å². The molecule has 0 bridgehead atoms. The maximum Gasteiger partial charge on any atom is 0.410 e. The van der Waals surface area contributed by atoms with Crippen molar-refractivity contribution in [1.82, 2.24) is 9.88 Å². The van der Waals surface area contributed by atoms with E-state index in [1.807, 2.05) is 57.3 Å². The van der Waals surface area contributed by atoms with Gasteiger partial charge in [-0.25, -0.2) is 4.79 Å². The summed E-state index contributed by atoms with van der Waals surface area (Å²) in [5.41, 5.74) is 1.72. The molecule has 1 aromatic heterocycles. The molecule has 0 spiro atoms. The van der Waals surface area contributed by atoms with E-state index in [2.05, 4.69) is 17.1 Å². The van der Waals surface area contributed by atoms with E-state index < -0.39 is 5.60 Å². The van der Waals surface area contributed by atoms with Crippen molar-refractivity contribution in [1.29, 1.82) is 0 Å². The molecule has 2 aromatic carbocycles. The Morgan fingerprint density at radius 2 is 1.93 bits per heavy atom. The second-order valence-corrected chi connectivity index (χ2v) is 9.22.